The fraction of sp³-hybridized carbons (Fsp3) is 0.273. The maximum atomic E-state index is 4.45. The van der Waals surface area contributed by atoms with Crippen molar-refractivity contribution < 1.29 is 0 Å². The first kappa shape index (κ1) is 8.30. The second-order valence-electron chi connectivity index (χ2n) is 3.59. The summed E-state index contributed by atoms with van der Waals surface area (Å²) in [6.07, 6.45) is 2.09. The van der Waals surface area contributed by atoms with Gasteiger partial charge in [-0.3, -0.25) is 4.68 Å². The number of benzene rings is 1. The van der Waals surface area contributed by atoms with Crippen molar-refractivity contribution in [3.63, 3.8) is 0 Å². The Bertz CT molecular complexity index is 368. The van der Waals surface area contributed by atoms with Gasteiger partial charge in [-0.25, -0.2) is 0 Å². The molecular weight excluding hydrogens is 160 g/mol. The number of fused-ring (bicyclic) bond motifs is 1. The summed E-state index contributed by atoms with van der Waals surface area (Å²) in [6.45, 7) is 5.15. The maximum absolute atomic E-state index is 4.45. The summed E-state index contributed by atoms with van der Waals surface area (Å²) < 4.78 is 1.99. The van der Waals surface area contributed by atoms with E-state index in [0.29, 0.717) is 0 Å². The molecule has 0 saturated heterocycles. The predicted molar refractivity (Wildman–Crippen MR) is 54.3 cm³/mol. The first-order chi connectivity index (χ1) is 6.25. The van der Waals surface area contributed by atoms with Crippen LogP contribution in [0.15, 0.2) is 30.5 Å². The van der Waals surface area contributed by atoms with Crippen molar-refractivity contribution in [3.05, 3.63) is 36.4 Å². The zero-order valence-corrected chi connectivity index (χ0v) is 7.99. The molecule has 0 N–H and O–H groups in total. The van der Waals surface area contributed by atoms with Gasteiger partial charge in [-0.1, -0.05) is 32.0 Å². The number of aromatic nitrogens is 2. The Morgan fingerprint density at radius 2 is 2.08 bits per heavy atom. The zero-order chi connectivity index (χ0) is 9.26. The first-order valence-corrected chi connectivity index (χ1v) is 4.47. The van der Waals surface area contributed by atoms with Gasteiger partial charge in [0.1, 0.15) is 0 Å². The molecule has 2 rings (SSSR count). The summed E-state index contributed by atoms with van der Waals surface area (Å²) in [5.41, 5.74) is 1.07. The fourth-order valence-corrected chi connectivity index (χ4v) is 1.42. The van der Waals surface area contributed by atoms with Crippen molar-refractivity contribution in [2.75, 3.05) is 0 Å². The van der Waals surface area contributed by atoms with Crippen molar-refractivity contribution in [1.82, 2.24) is 9.78 Å². The quantitative estimate of drug-likeness (QED) is 0.682. The molecule has 2 heteroatoms. The summed E-state index contributed by atoms with van der Waals surface area (Å²) in [4.78, 5) is 0. The molecule has 0 bridgehead atoms. The summed E-state index contributed by atoms with van der Waals surface area (Å²) in [5, 5.41) is 5.66. The number of hydrogen-bond acceptors (Lipinski definition) is 1. The van der Waals surface area contributed by atoms with Gasteiger partial charge >= 0.3 is 0 Å². The van der Waals surface area contributed by atoms with Crippen LogP contribution in [-0.4, -0.2) is 9.78 Å². The second kappa shape index (κ2) is 3.21. The maximum Gasteiger partial charge on any atom is 0.0923 e. The highest BCUT2D eigenvalue weighted by Gasteiger charge is 2.00. The summed E-state index contributed by atoms with van der Waals surface area (Å²) in [6, 6.07) is 8.18. The lowest BCUT2D eigenvalue weighted by molar-refractivity contribution is 0.636. The van der Waals surface area contributed by atoms with E-state index in [-0.39, 0.29) is 0 Å². The van der Waals surface area contributed by atoms with E-state index in [1.165, 1.54) is 11.3 Å². The van der Waals surface area contributed by atoms with Gasteiger partial charge in [-0.15, -0.1) is 0 Å². The number of hydrogen-bond donors (Lipinski definition) is 0. The van der Waals surface area contributed by atoms with Gasteiger partial charge < -0.3 is 0 Å². The molecule has 0 amide bonds. The largest absolute Gasteiger partial charge is 0.271 e. The Morgan fingerprint density at radius 3 is 2.77 bits per heavy atom. The molecule has 1 aromatic carbocycles. The minimum Gasteiger partial charge on any atom is -0.271 e. The SMILES string of the molecule is C[C](C)Cn1cc2ccccc2n1. The van der Waals surface area contributed by atoms with Gasteiger partial charge in [0.2, 0.25) is 0 Å². The van der Waals surface area contributed by atoms with Gasteiger partial charge in [0.25, 0.3) is 0 Å². The molecule has 0 atom stereocenters. The lowest BCUT2D eigenvalue weighted by Gasteiger charge is -2.02. The highest BCUT2D eigenvalue weighted by atomic mass is 15.3. The standard InChI is InChI=1S/C11H13N2/c1-9(2)7-13-8-10-5-3-4-6-11(10)12-13/h3-6,8H,7H2,1-2H3. The average Bonchev–Trinajstić information content (AvgIpc) is 2.44. The molecular formula is C11H13N2. The molecule has 0 aliphatic rings. The molecule has 0 saturated carbocycles. The smallest absolute Gasteiger partial charge is 0.0923 e. The van der Waals surface area contributed by atoms with Crippen molar-refractivity contribution in [3.8, 4) is 0 Å². The van der Waals surface area contributed by atoms with Crippen molar-refractivity contribution in [2.24, 2.45) is 0 Å². The van der Waals surface area contributed by atoms with Gasteiger partial charge in [-0.05, 0) is 12.0 Å². The second-order valence-corrected chi connectivity index (χ2v) is 3.59. The molecule has 2 nitrogen and oxygen atoms in total. The van der Waals surface area contributed by atoms with Gasteiger partial charge in [0, 0.05) is 18.1 Å². The zero-order valence-electron chi connectivity index (χ0n) is 7.99. The Hall–Kier alpha value is -1.31. The monoisotopic (exact) mass is 173 g/mol. The first-order valence-electron chi connectivity index (χ1n) is 4.47. The van der Waals surface area contributed by atoms with Crippen LogP contribution in [-0.2, 0) is 6.54 Å². The lowest BCUT2D eigenvalue weighted by Crippen LogP contribution is -2.02. The van der Waals surface area contributed by atoms with E-state index in [2.05, 4.69) is 31.2 Å². The van der Waals surface area contributed by atoms with Crippen molar-refractivity contribution in [2.45, 2.75) is 20.4 Å². The molecule has 1 heterocycles. The molecule has 1 aromatic heterocycles. The van der Waals surface area contributed by atoms with E-state index in [9.17, 15) is 0 Å². The van der Waals surface area contributed by atoms with Crippen molar-refractivity contribution >= 4 is 10.9 Å². The van der Waals surface area contributed by atoms with E-state index in [1.54, 1.807) is 0 Å². The molecule has 67 valence electrons. The predicted octanol–water partition coefficient (Wildman–Crippen LogP) is 2.65. The molecule has 1 radical (unpaired) electrons. The van der Waals surface area contributed by atoms with E-state index < -0.39 is 0 Å². The minimum absolute atomic E-state index is 0.911. The minimum atomic E-state index is 0.911. The Morgan fingerprint density at radius 1 is 1.31 bits per heavy atom. The fourth-order valence-electron chi connectivity index (χ4n) is 1.42. The normalized spacial score (nSPS) is 11.3. The molecule has 13 heavy (non-hydrogen) atoms. The van der Waals surface area contributed by atoms with Gasteiger partial charge in [0.15, 0.2) is 0 Å². The third-order valence-corrected chi connectivity index (χ3v) is 1.94. The highest BCUT2D eigenvalue weighted by molar-refractivity contribution is 5.77. The van der Waals surface area contributed by atoms with Crippen LogP contribution in [0.2, 0.25) is 0 Å². The van der Waals surface area contributed by atoms with E-state index in [4.69, 9.17) is 0 Å². The van der Waals surface area contributed by atoms with Crippen LogP contribution in [0.25, 0.3) is 10.9 Å². The van der Waals surface area contributed by atoms with Crippen LogP contribution in [0.3, 0.4) is 0 Å². The van der Waals surface area contributed by atoms with E-state index in [1.807, 2.05) is 22.9 Å². The third kappa shape index (κ3) is 1.72. The van der Waals surface area contributed by atoms with E-state index >= 15 is 0 Å². The van der Waals surface area contributed by atoms with Crippen LogP contribution in [0.4, 0.5) is 0 Å². The summed E-state index contributed by atoms with van der Waals surface area (Å²) in [7, 11) is 0. The number of nitrogens with zero attached hydrogens (tertiary/aromatic N) is 2. The average molecular weight is 173 g/mol. The van der Waals surface area contributed by atoms with Crippen LogP contribution in [0.5, 0.6) is 0 Å². The van der Waals surface area contributed by atoms with Crippen molar-refractivity contribution in [1.29, 1.82) is 0 Å². The number of rotatable bonds is 2. The Kier molecular flexibility index (Phi) is 2.05. The van der Waals surface area contributed by atoms with Gasteiger partial charge in [0.05, 0.1) is 5.52 Å². The van der Waals surface area contributed by atoms with E-state index in [0.717, 1.165) is 12.1 Å². The third-order valence-electron chi connectivity index (χ3n) is 1.94. The van der Waals surface area contributed by atoms with Crippen LogP contribution in [0.1, 0.15) is 13.8 Å². The lowest BCUT2D eigenvalue weighted by atomic mass is 10.2. The molecule has 0 fully saturated rings. The molecule has 0 unspecified atom stereocenters. The topological polar surface area (TPSA) is 17.8 Å². The molecule has 0 spiro atoms. The Balaban J connectivity index is 2.38. The van der Waals surface area contributed by atoms with Crippen LogP contribution < -0.4 is 0 Å². The van der Waals surface area contributed by atoms with Crippen LogP contribution in [0, 0.1) is 5.92 Å². The summed E-state index contributed by atoms with van der Waals surface area (Å²) >= 11 is 0. The van der Waals surface area contributed by atoms with Crippen LogP contribution >= 0.6 is 0 Å². The highest BCUT2D eigenvalue weighted by Crippen LogP contribution is 2.12. The molecule has 0 aliphatic heterocycles. The molecule has 2 aromatic rings. The van der Waals surface area contributed by atoms with Gasteiger partial charge in [-0.2, -0.15) is 5.10 Å². The summed E-state index contributed by atoms with van der Waals surface area (Å²) in [5.74, 6) is 1.37. The molecule has 0 aliphatic carbocycles. The Labute approximate surface area is 78.2 Å².